The molecule has 1 saturated carbocycles. The van der Waals surface area contributed by atoms with Crippen LogP contribution in [-0.4, -0.2) is 47.8 Å². The quantitative estimate of drug-likeness (QED) is 0.327. The molecule has 4 atom stereocenters. The second-order valence-electron chi connectivity index (χ2n) is 11.1. The zero-order valence-electron chi connectivity index (χ0n) is 21.8. The Morgan fingerprint density at radius 1 is 1.11 bits per heavy atom. The van der Waals surface area contributed by atoms with Crippen LogP contribution >= 0.6 is 23.2 Å². The summed E-state index contributed by atoms with van der Waals surface area (Å²) in [5, 5.41) is 10.9. The minimum Gasteiger partial charge on any atom is -0.481 e. The summed E-state index contributed by atoms with van der Waals surface area (Å²) in [5.41, 5.74) is 0.606. The first-order chi connectivity index (χ1) is 17.9. The van der Waals surface area contributed by atoms with Crippen molar-refractivity contribution >= 4 is 44.9 Å². The smallest absolute Gasteiger partial charge is 0.304 e. The Balaban J connectivity index is 1.80. The fourth-order valence-corrected chi connectivity index (χ4v) is 8.04. The molecule has 2 fully saturated rings. The fraction of sp³-hybridized carbons (Fsp3) is 0.517. The molecule has 0 radical (unpaired) electrons. The standard InChI is InChI=1S/C29H35Cl2NO5S/c1-3-24(13-14-38(36,37)18-19-7-8-19)32-27(20-9-11-22(30)12-10-20)25(21-5-4-6-23(31)15-21)16-29(2,28(32)35)17-26(33)34/h4-6,9-12,15,19,24-25,27H,3,7-8,13-14,16-18H2,1-2H3,(H,33,34)/t24-,25+,27?,29+/m0/s1. The number of likely N-dealkylation sites (tertiary alicyclic amines) is 1. The molecule has 38 heavy (non-hydrogen) atoms. The van der Waals surface area contributed by atoms with E-state index >= 15 is 0 Å². The summed E-state index contributed by atoms with van der Waals surface area (Å²) in [6, 6.07) is 14.0. The molecule has 4 rings (SSSR count). The van der Waals surface area contributed by atoms with Crippen molar-refractivity contribution in [1.29, 1.82) is 0 Å². The maximum Gasteiger partial charge on any atom is 0.304 e. The van der Waals surface area contributed by atoms with E-state index < -0.39 is 27.3 Å². The van der Waals surface area contributed by atoms with Gasteiger partial charge < -0.3 is 10.0 Å². The summed E-state index contributed by atoms with van der Waals surface area (Å²) in [6.45, 7) is 3.66. The van der Waals surface area contributed by atoms with Gasteiger partial charge in [0.25, 0.3) is 0 Å². The van der Waals surface area contributed by atoms with E-state index in [0.717, 1.165) is 24.0 Å². The van der Waals surface area contributed by atoms with Crippen molar-refractivity contribution in [2.45, 2.75) is 70.4 Å². The summed E-state index contributed by atoms with van der Waals surface area (Å²) in [6.07, 6.45) is 2.75. The van der Waals surface area contributed by atoms with Gasteiger partial charge in [-0.15, -0.1) is 0 Å². The first-order valence-electron chi connectivity index (χ1n) is 13.2. The number of amides is 1. The van der Waals surface area contributed by atoms with E-state index in [4.69, 9.17) is 23.2 Å². The van der Waals surface area contributed by atoms with Gasteiger partial charge in [0.05, 0.1) is 29.4 Å². The first kappa shape index (κ1) is 28.9. The summed E-state index contributed by atoms with van der Waals surface area (Å²) < 4.78 is 25.7. The second kappa shape index (κ2) is 11.6. The molecule has 1 saturated heterocycles. The van der Waals surface area contributed by atoms with Crippen LogP contribution in [0, 0.1) is 11.3 Å². The number of carbonyl (C=O) groups excluding carboxylic acids is 1. The molecule has 1 amide bonds. The van der Waals surface area contributed by atoms with Gasteiger partial charge in [-0.2, -0.15) is 0 Å². The van der Waals surface area contributed by atoms with Crippen LogP contribution in [0.1, 0.15) is 75.5 Å². The third-order valence-corrected chi connectivity index (χ3v) is 10.3. The van der Waals surface area contributed by atoms with E-state index in [1.165, 1.54) is 0 Å². The molecule has 2 aliphatic rings. The van der Waals surface area contributed by atoms with Crippen LogP contribution in [-0.2, 0) is 19.4 Å². The molecule has 0 bridgehead atoms. The molecule has 1 unspecified atom stereocenters. The summed E-state index contributed by atoms with van der Waals surface area (Å²) in [7, 11) is -3.25. The van der Waals surface area contributed by atoms with Crippen LogP contribution in [0.15, 0.2) is 48.5 Å². The lowest BCUT2D eigenvalue weighted by molar-refractivity contribution is -0.160. The summed E-state index contributed by atoms with van der Waals surface area (Å²) in [5.74, 6) is -1.12. The summed E-state index contributed by atoms with van der Waals surface area (Å²) in [4.78, 5) is 28.0. The van der Waals surface area contributed by atoms with Gasteiger partial charge in [-0.25, -0.2) is 8.42 Å². The Bertz CT molecular complexity index is 1280. The molecular formula is C29H35Cl2NO5S. The van der Waals surface area contributed by atoms with Crippen molar-refractivity contribution in [2.75, 3.05) is 11.5 Å². The Hall–Kier alpha value is -2.09. The van der Waals surface area contributed by atoms with Gasteiger partial charge >= 0.3 is 5.97 Å². The van der Waals surface area contributed by atoms with Crippen molar-refractivity contribution in [3.05, 3.63) is 69.7 Å². The third-order valence-electron chi connectivity index (χ3n) is 7.95. The highest BCUT2D eigenvalue weighted by atomic mass is 35.5. The number of halogens is 2. The summed E-state index contributed by atoms with van der Waals surface area (Å²) >= 11 is 12.6. The number of carboxylic acid groups (broad SMARTS) is 1. The highest BCUT2D eigenvalue weighted by Gasteiger charge is 2.52. The van der Waals surface area contributed by atoms with Gasteiger partial charge in [-0.05, 0) is 73.4 Å². The average Bonchev–Trinajstić information content (AvgIpc) is 3.65. The Morgan fingerprint density at radius 3 is 2.37 bits per heavy atom. The molecule has 1 heterocycles. The first-order valence-corrected chi connectivity index (χ1v) is 15.8. The monoisotopic (exact) mass is 579 g/mol. The van der Waals surface area contributed by atoms with E-state index in [1.54, 1.807) is 30.0 Å². The topological polar surface area (TPSA) is 91.8 Å². The SMILES string of the molecule is CC[C@@H](CCS(=O)(=O)CC1CC1)N1C(=O)[C@@](C)(CC(=O)O)C[C@H](c2cccc(Cl)c2)C1c1ccc(Cl)cc1. The van der Waals surface area contributed by atoms with Crippen LogP contribution < -0.4 is 0 Å². The van der Waals surface area contributed by atoms with E-state index in [2.05, 4.69) is 0 Å². The van der Waals surface area contributed by atoms with Crippen molar-refractivity contribution in [3.8, 4) is 0 Å². The zero-order valence-corrected chi connectivity index (χ0v) is 24.1. The normalized spacial score (nSPS) is 24.8. The molecule has 0 aromatic heterocycles. The predicted octanol–water partition coefficient (Wildman–Crippen LogP) is 6.53. The zero-order chi connectivity index (χ0) is 27.7. The van der Waals surface area contributed by atoms with Crippen molar-refractivity contribution in [2.24, 2.45) is 11.3 Å². The highest BCUT2D eigenvalue weighted by Crippen LogP contribution is 2.52. The molecule has 9 heteroatoms. The van der Waals surface area contributed by atoms with E-state index in [1.807, 2.05) is 37.3 Å². The maximum absolute atomic E-state index is 14.3. The minimum absolute atomic E-state index is 0.00337. The highest BCUT2D eigenvalue weighted by molar-refractivity contribution is 7.91. The Kier molecular flexibility index (Phi) is 8.80. The lowest BCUT2D eigenvalue weighted by Crippen LogP contribution is -2.56. The van der Waals surface area contributed by atoms with Gasteiger partial charge in [-0.1, -0.05) is 61.3 Å². The number of hydrogen-bond donors (Lipinski definition) is 1. The molecular weight excluding hydrogens is 545 g/mol. The number of carboxylic acids is 1. The van der Waals surface area contributed by atoms with Crippen LogP contribution in [0.25, 0.3) is 0 Å². The number of carbonyl (C=O) groups is 2. The number of piperidine rings is 1. The van der Waals surface area contributed by atoms with Crippen molar-refractivity contribution in [1.82, 2.24) is 4.90 Å². The van der Waals surface area contributed by atoms with E-state index in [0.29, 0.717) is 29.3 Å². The van der Waals surface area contributed by atoms with Gasteiger partial charge in [0, 0.05) is 22.0 Å². The van der Waals surface area contributed by atoms with Gasteiger partial charge in [0.1, 0.15) is 0 Å². The molecule has 1 N–H and O–H groups in total. The number of nitrogens with zero attached hydrogens (tertiary/aromatic N) is 1. The number of benzene rings is 2. The second-order valence-corrected chi connectivity index (χ2v) is 14.2. The number of sulfone groups is 1. The van der Waals surface area contributed by atoms with Gasteiger partial charge in [0.2, 0.25) is 5.91 Å². The van der Waals surface area contributed by atoms with E-state index in [-0.39, 0.29) is 41.7 Å². The van der Waals surface area contributed by atoms with Gasteiger partial charge in [0.15, 0.2) is 9.84 Å². The van der Waals surface area contributed by atoms with Crippen LogP contribution in [0.2, 0.25) is 10.0 Å². The largest absolute Gasteiger partial charge is 0.481 e. The molecule has 6 nitrogen and oxygen atoms in total. The van der Waals surface area contributed by atoms with Crippen molar-refractivity contribution in [3.63, 3.8) is 0 Å². The van der Waals surface area contributed by atoms with Gasteiger partial charge in [-0.3, -0.25) is 9.59 Å². The van der Waals surface area contributed by atoms with Crippen LogP contribution in [0.4, 0.5) is 0 Å². The molecule has 1 aliphatic carbocycles. The lowest BCUT2D eigenvalue weighted by Gasteiger charge is -2.52. The van der Waals surface area contributed by atoms with Crippen LogP contribution in [0.3, 0.4) is 0 Å². The molecule has 0 spiro atoms. The molecule has 2 aromatic rings. The Labute approximate surface area is 235 Å². The number of rotatable bonds is 11. The van der Waals surface area contributed by atoms with Crippen molar-refractivity contribution < 1.29 is 23.1 Å². The molecule has 206 valence electrons. The van der Waals surface area contributed by atoms with Crippen LogP contribution in [0.5, 0.6) is 0 Å². The maximum atomic E-state index is 14.3. The average molecular weight is 581 g/mol. The fourth-order valence-electron chi connectivity index (χ4n) is 5.86. The number of aliphatic carboxylic acids is 1. The Morgan fingerprint density at radius 2 is 1.79 bits per heavy atom. The lowest BCUT2D eigenvalue weighted by atomic mass is 9.67. The molecule has 1 aliphatic heterocycles. The third kappa shape index (κ3) is 6.72. The number of hydrogen-bond acceptors (Lipinski definition) is 4. The minimum atomic E-state index is -3.25. The molecule has 2 aromatic carbocycles. The predicted molar refractivity (Wildman–Crippen MR) is 150 cm³/mol. The van der Waals surface area contributed by atoms with E-state index in [9.17, 15) is 23.1 Å².